The summed E-state index contributed by atoms with van der Waals surface area (Å²) in [4.78, 5) is 0. The Kier molecular flexibility index (Phi) is 3.83. The van der Waals surface area contributed by atoms with Gasteiger partial charge in [0.15, 0.2) is 0 Å². The van der Waals surface area contributed by atoms with Crippen LogP contribution in [0.15, 0.2) is 24.3 Å². The van der Waals surface area contributed by atoms with Crippen molar-refractivity contribution in [2.24, 2.45) is 5.92 Å². The minimum absolute atomic E-state index is 0. The quantitative estimate of drug-likeness (QED) is 0.465. The van der Waals surface area contributed by atoms with Crippen LogP contribution in [-0.2, 0) is 6.42 Å². The molecule has 0 aromatic heterocycles. The van der Waals surface area contributed by atoms with E-state index in [9.17, 15) is 0 Å². The number of benzene rings is 1. The van der Waals surface area contributed by atoms with E-state index in [2.05, 4.69) is 38.4 Å². The van der Waals surface area contributed by atoms with Gasteiger partial charge < -0.3 is 28.5 Å². The van der Waals surface area contributed by atoms with Gasteiger partial charge in [-0.15, -0.1) is 0 Å². The molecule has 2 aliphatic rings. The molecule has 0 spiro atoms. The van der Waals surface area contributed by atoms with Crippen LogP contribution in [0.3, 0.4) is 0 Å². The fourth-order valence-corrected chi connectivity index (χ4v) is 3.95. The summed E-state index contributed by atoms with van der Waals surface area (Å²) in [5, 5.41) is 0. The SMILES string of the molecule is C[N+]1(C)CCCC2CCc3ccccc3C21.[I-]. The predicted molar refractivity (Wildman–Crippen MR) is 67.2 cm³/mol. The Morgan fingerprint density at radius 1 is 1.12 bits per heavy atom. The van der Waals surface area contributed by atoms with Crippen LogP contribution in [0, 0.1) is 5.92 Å². The van der Waals surface area contributed by atoms with E-state index in [-0.39, 0.29) is 24.0 Å². The molecule has 17 heavy (non-hydrogen) atoms. The minimum atomic E-state index is 0. The maximum atomic E-state index is 2.42. The molecular formula is C15H22IN. The Hall–Kier alpha value is -0.0900. The Bertz CT molecular complexity index is 400. The van der Waals surface area contributed by atoms with Crippen LogP contribution in [0.4, 0.5) is 0 Å². The lowest BCUT2D eigenvalue weighted by Gasteiger charge is -2.48. The first-order chi connectivity index (χ1) is 7.68. The zero-order chi connectivity index (χ0) is 11.2. The monoisotopic (exact) mass is 343 g/mol. The second-order valence-electron chi connectivity index (χ2n) is 6.09. The molecule has 1 aromatic carbocycles. The van der Waals surface area contributed by atoms with Crippen molar-refractivity contribution in [1.82, 2.24) is 0 Å². The van der Waals surface area contributed by atoms with Gasteiger partial charge in [-0.25, -0.2) is 0 Å². The largest absolute Gasteiger partial charge is 1.00 e. The molecule has 2 unspecified atom stereocenters. The summed E-state index contributed by atoms with van der Waals surface area (Å²) < 4.78 is 1.20. The third kappa shape index (κ3) is 2.26. The topological polar surface area (TPSA) is 0 Å². The Morgan fingerprint density at radius 3 is 2.71 bits per heavy atom. The molecule has 1 aliphatic carbocycles. The highest BCUT2D eigenvalue weighted by atomic mass is 127. The molecule has 0 N–H and O–H groups in total. The highest BCUT2D eigenvalue weighted by Gasteiger charge is 2.42. The van der Waals surface area contributed by atoms with E-state index in [0.717, 1.165) is 12.0 Å². The maximum absolute atomic E-state index is 2.42. The van der Waals surface area contributed by atoms with Crippen molar-refractivity contribution in [2.75, 3.05) is 20.6 Å². The first-order valence-corrected chi connectivity index (χ1v) is 6.59. The van der Waals surface area contributed by atoms with Crippen molar-refractivity contribution in [1.29, 1.82) is 0 Å². The lowest BCUT2D eigenvalue weighted by Crippen LogP contribution is -3.00. The first kappa shape index (κ1) is 13.3. The molecule has 2 atom stereocenters. The fourth-order valence-electron chi connectivity index (χ4n) is 3.95. The zero-order valence-electron chi connectivity index (χ0n) is 10.8. The summed E-state index contributed by atoms with van der Waals surface area (Å²) in [6, 6.07) is 9.88. The van der Waals surface area contributed by atoms with Crippen LogP contribution in [0.5, 0.6) is 0 Å². The van der Waals surface area contributed by atoms with E-state index in [1.54, 1.807) is 11.1 Å². The molecule has 0 saturated carbocycles. The third-order valence-corrected chi connectivity index (χ3v) is 4.67. The van der Waals surface area contributed by atoms with Crippen molar-refractivity contribution in [3.63, 3.8) is 0 Å². The summed E-state index contributed by atoms with van der Waals surface area (Å²) in [7, 11) is 4.83. The maximum Gasteiger partial charge on any atom is 0.117 e. The fraction of sp³-hybridized carbons (Fsp3) is 0.600. The van der Waals surface area contributed by atoms with Gasteiger partial charge in [0.05, 0.1) is 20.6 Å². The molecule has 1 saturated heterocycles. The number of hydrogen-bond donors (Lipinski definition) is 0. The van der Waals surface area contributed by atoms with Crippen LogP contribution in [-0.4, -0.2) is 25.1 Å². The first-order valence-electron chi connectivity index (χ1n) is 6.59. The standard InChI is InChI=1S/C15H22N.HI/c1-16(2)11-5-7-13-10-9-12-6-3-4-8-14(12)15(13)16;/h3-4,6,8,13,15H,5,7,9-11H2,1-2H3;1H/q+1;/p-1. The summed E-state index contributed by atoms with van der Waals surface area (Å²) in [6.07, 6.45) is 5.57. The van der Waals surface area contributed by atoms with Crippen molar-refractivity contribution >= 4 is 0 Å². The van der Waals surface area contributed by atoms with Gasteiger partial charge in [-0.05, 0) is 31.2 Å². The average molecular weight is 343 g/mol. The molecule has 3 rings (SSSR count). The van der Waals surface area contributed by atoms with E-state index in [4.69, 9.17) is 0 Å². The number of piperidine rings is 1. The van der Waals surface area contributed by atoms with Gasteiger partial charge in [0, 0.05) is 11.5 Å². The van der Waals surface area contributed by atoms with Gasteiger partial charge in [0.1, 0.15) is 6.04 Å². The second-order valence-corrected chi connectivity index (χ2v) is 6.09. The number of nitrogens with zero attached hydrogens (tertiary/aromatic N) is 1. The second kappa shape index (κ2) is 4.88. The summed E-state index contributed by atoms with van der Waals surface area (Å²) in [6.45, 7) is 1.34. The van der Waals surface area contributed by atoms with E-state index < -0.39 is 0 Å². The van der Waals surface area contributed by atoms with Gasteiger partial charge in [-0.3, -0.25) is 0 Å². The molecule has 1 heterocycles. The number of hydrogen-bond acceptors (Lipinski definition) is 0. The van der Waals surface area contributed by atoms with E-state index in [1.807, 2.05) is 0 Å². The molecule has 0 bridgehead atoms. The lowest BCUT2D eigenvalue weighted by molar-refractivity contribution is -0.931. The van der Waals surface area contributed by atoms with Crippen LogP contribution in [0.1, 0.15) is 36.4 Å². The van der Waals surface area contributed by atoms with Gasteiger partial charge in [-0.2, -0.15) is 0 Å². The zero-order valence-corrected chi connectivity index (χ0v) is 13.0. The van der Waals surface area contributed by atoms with Crippen LogP contribution in [0.2, 0.25) is 0 Å². The molecular weight excluding hydrogens is 321 g/mol. The van der Waals surface area contributed by atoms with E-state index >= 15 is 0 Å². The minimum Gasteiger partial charge on any atom is -1.00 e. The molecule has 1 aromatic rings. The van der Waals surface area contributed by atoms with Crippen molar-refractivity contribution < 1.29 is 28.5 Å². The molecule has 1 nitrogen and oxygen atoms in total. The van der Waals surface area contributed by atoms with Crippen LogP contribution < -0.4 is 24.0 Å². The van der Waals surface area contributed by atoms with Crippen LogP contribution >= 0.6 is 0 Å². The van der Waals surface area contributed by atoms with Crippen LogP contribution in [0.25, 0.3) is 0 Å². The van der Waals surface area contributed by atoms with Gasteiger partial charge in [0.25, 0.3) is 0 Å². The smallest absolute Gasteiger partial charge is 0.117 e. The molecule has 2 heteroatoms. The molecule has 0 amide bonds. The number of likely N-dealkylation sites (tertiary alicyclic amines) is 1. The number of quaternary nitrogens is 1. The van der Waals surface area contributed by atoms with E-state index in [1.165, 1.54) is 36.7 Å². The Morgan fingerprint density at radius 2 is 1.88 bits per heavy atom. The van der Waals surface area contributed by atoms with Crippen molar-refractivity contribution in [3.8, 4) is 0 Å². The molecule has 1 aliphatic heterocycles. The van der Waals surface area contributed by atoms with Gasteiger partial charge in [-0.1, -0.05) is 24.3 Å². The number of halogens is 1. The molecule has 0 radical (unpaired) electrons. The number of aryl methyl sites for hydroxylation is 1. The Balaban J connectivity index is 0.00000108. The normalized spacial score (nSPS) is 29.8. The average Bonchev–Trinajstić information content (AvgIpc) is 2.28. The molecule has 1 fully saturated rings. The van der Waals surface area contributed by atoms with E-state index in [0.29, 0.717) is 0 Å². The predicted octanol–water partition coefficient (Wildman–Crippen LogP) is 0.164. The third-order valence-electron chi connectivity index (χ3n) is 4.67. The van der Waals surface area contributed by atoms with Gasteiger partial charge in [0.2, 0.25) is 0 Å². The highest BCUT2D eigenvalue weighted by Crippen LogP contribution is 2.45. The number of rotatable bonds is 0. The number of fused-ring (bicyclic) bond motifs is 3. The summed E-state index contributed by atoms with van der Waals surface area (Å²) in [5.41, 5.74) is 3.25. The van der Waals surface area contributed by atoms with Crippen molar-refractivity contribution in [3.05, 3.63) is 35.4 Å². The van der Waals surface area contributed by atoms with Gasteiger partial charge >= 0.3 is 0 Å². The Labute approximate surface area is 122 Å². The summed E-state index contributed by atoms with van der Waals surface area (Å²) in [5.74, 6) is 0.929. The van der Waals surface area contributed by atoms with Crippen molar-refractivity contribution in [2.45, 2.75) is 31.7 Å². The molecule has 94 valence electrons. The highest BCUT2D eigenvalue weighted by molar-refractivity contribution is 5.32. The summed E-state index contributed by atoms with van der Waals surface area (Å²) >= 11 is 0. The lowest BCUT2D eigenvalue weighted by atomic mass is 9.74.